The van der Waals surface area contributed by atoms with Crippen LogP contribution in [0.1, 0.15) is 42.3 Å². The van der Waals surface area contributed by atoms with Gasteiger partial charge in [0, 0.05) is 24.5 Å². The minimum Gasteiger partial charge on any atom is -0.465 e. The Bertz CT molecular complexity index is 1460. The minimum atomic E-state index is -1.07. The summed E-state index contributed by atoms with van der Waals surface area (Å²) < 4.78 is 6.89. The molecular weight excluding hydrogens is 512 g/mol. The van der Waals surface area contributed by atoms with Crippen molar-refractivity contribution >= 4 is 29.6 Å². The molecule has 2 aromatic carbocycles. The number of rotatable bonds is 8. The van der Waals surface area contributed by atoms with Crippen molar-refractivity contribution in [2.45, 2.75) is 39.5 Å². The molecule has 4 aromatic rings. The predicted octanol–water partition coefficient (Wildman–Crippen LogP) is 5.55. The van der Waals surface area contributed by atoms with Crippen LogP contribution in [0.4, 0.5) is 21.1 Å². The third-order valence-corrected chi connectivity index (χ3v) is 5.56. The fourth-order valence-electron chi connectivity index (χ4n) is 3.75. The molecule has 0 atom stereocenters. The number of ether oxygens (including phenoxy) is 1. The molecule has 3 N–H and O–H groups in total. The van der Waals surface area contributed by atoms with E-state index in [0.29, 0.717) is 11.1 Å². The average Bonchev–Trinajstić information content (AvgIpc) is 3.30. The van der Waals surface area contributed by atoms with E-state index >= 15 is 0 Å². The number of nitrogens with one attached hydrogen (secondary N) is 2. The zero-order chi connectivity index (χ0) is 28.7. The first kappa shape index (κ1) is 27.8. The van der Waals surface area contributed by atoms with Crippen LogP contribution in [0.2, 0.25) is 0 Å². The van der Waals surface area contributed by atoms with E-state index in [1.54, 1.807) is 75.8 Å². The lowest BCUT2D eigenvalue weighted by molar-refractivity contribution is 0.0635. The summed E-state index contributed by atoms with van der Waals surface area (Å²) in [5.74, 6) is -0.320. The highest BCUT2D eigenvalue weighted by atomic mass is 16.6. The summed E-state index contributed by atoms with van der Waals surface area (Å²) in [5.41, 5.74) is 2.09. The smallest absolute Gasteiger partial charge is 0.412 e. The predicted molar refractivity (Wildman–Crippen MR) is 149 cm³/mol. The number of benzene rings is 2. The first-order chi connectivity index (χ1) is 19.1. The quantitative estimate of drug-likeness (QED) is 0.265. The fourth-order valence-corrected chi connectivity index (χ4v) is 3.75. The number of nitrogens with zero attached hydrogens (tertiary/aromatic N) is 4. The fraction of sp³-hybridized carbons (Fsp3) is 0.207. The number of hydrogen-bond acceptors (Lipinski definition) is 6. The van der Waals surface area contributed by atoms with E-state index in [1.807, 2.05) is 30.3 Å². The van der Waals surface area contributed by atoms with Gasteiger partial charge in [0.05, 0.1) is 18.4 Å². The summed E-state index contributed by atoms with van der Waals surface area (Å²) >= 11 is 0. The number of hydrogen-bond donors (Lipinski definition) is 3. The molecular formula is C29H30N6O5. The Labute approximate surface area is 231 Å². The van der Waals surface area contributed by atoms with Crippen LogP contribution in [0.15, 0.2) is 85.3 Å². The molecule has 11 heteroatoms. The van der Waals surface area contributed by atoms with Crippen molar-refractivity contribution in [2.24, 2.45) is 0 Å². The van der Waals surface area contributed by atoms with Crippen molar-refractivity contribution in [3.63, 3.8) is 0 Å². The van der Waals surface area contributed by atoms with Gasteiger partial charge in [-0.3, -0.25) is 20.0 Å². The molecule has 0 aliphatic carbocycles. The van der Waals surface area contributed by atoms with Crippen LogP contribution in [0.5, 0.6) is 0 Å². The monoisotopic (exact) mass is 542 g/mol. The lowest BCUT2D eigenvalue weighted by Crippen LogP contribution is -2.28. The first-order valence-electron chi connectivity index (χ1n) is 12.5. The Morgan fingerprint density at radius 2 is 1.62 bits per heavy atom. The van der Waals surface area contributed by atoms with Crippen molar-refractivity contribution in [3.05, 3.63) is 102 Å². The van der Waals surface area contributed by atoms with Crippen LogP contribution in [0.25, 0.3) is 5.69 Å². The van der Waals surface area contributed by atoms with E-state index in [2.05, 4.69) is 20.7 Å². The number of carbonyl (C=O) groups is 3. The van der Waals surface area contributed by atoms with E-state index < -0.39 is 23.7 Å². The van der Waals surface area contributed by atoms with Gasteiger partial charge >= 0.3 is 12.2 Å². The summed E-state index contributed by atoms with van der Waals surface area (Å²) in [4.78, 5) is 42.6. The van der Waals surface area contributed by atoms with Crippen molar-refractivity contribution in [1.82, 2.24) is 19.7 Å². The Kier molecular flexibility index (Phi) is 8.43. The lowest BCUT2D eigenvalue weighted by Gasteiger charge is -2.19. The number of anilines is 2. The summed E-state index contributed by atoms with van der Waals surface area (Å²) in [6, 6.07) is 19.4. The highest BCUT2D eigenvalue weighted by molar-refractivity contribution is 6.06. The van der Waals surface area contributed by atoms with Gasteiger partial charge in [-0.25, -0.2) is 14.3 Å². The number of pyridine rings is 1. The second kappa shape index (κ2) is 12.1. The average molecular weight is 543 g/mol. The van der Waals surface area contributed by atoms with Gasteiger partial charge in [0.1, 0.15) is 11.3 Å². The van der Waals surface area contributed by atoms with Crippen molar-refractivity contribution in [3.8, 4) is 5.69 Å². The molecule has 0 fully saturated rings. The van der Waals surface area contributed by atoms with E-state index in [4.69, 9.17) is 4.74 Å². The van der Waals surface area contributed by atoms with Gasteiger partial charge in [-0.05, 0) is 62.2 Å². The van der Waals surface area contributed by atoms with Gasteiger partial charge < -0.3 is 15.2 Å². The van der Waals surface area contributed by atoms with Crippen LogP contribution in [-0.2, 0) is 17.8 Å². The van der Waals surface area contributed by atoms with Crippen molar-refractivity contribution < 1.29 is 24.2 Å². The molecule has 40 heavy (non-hydrogen) atoms. The molecule has 0 unspecified atom stereocenters. The van der Waals surface area contributed by atoms with Crippen LogP contribution in [0.3, 0.4) is 0 Å². The maximum absolute atomic E-state index is 13.1. The topological polar surface area (TPSA) is 139 Å². The van der Waals surface area contributed by atoms with E-state index in [-0.39, 0.29) is 24.6 Å². The normalized spacial score (nSPS) is 11.0. The number of para-hydroxylation sites is 1. The lowest BCUT2D eigenvalue weighted by atomic mass is 10.1. The second-order valence-corrected chi connectivity index (χ2v) is 9.95. The Morgan fingerprint density at radius 1 is 0.925 bits per heavy atom. The maximum Gasteiger partial charge on any atom is 0.412 e. The molecule has 0 bridgehead atoms. The number of amides is 3. The SMILES string of the molecule is CC(C)(C)OC(=O)Nc1cn(-c2ccccc2)nc1NC(=O)c1ccc(CN(Cc2cccnc2)C(=O)O)cc1. The van der Waals surface area contributed by atoms with Gasteiger partial charge in [0.15, 0.2) is 5.82 Å². The summed E-state index contributed by atoms with van der Waals surface area (Å²) in [6.07, 6.45) is 3.08. The van der Waals surface area contributed by atoms with E-state index in [1.165, 1.54) is 9.58 Å². The number of aromatic nitrogens is 3. The summed E-state index contributed by atoms with van der Waals surface area (Å²) in [6.45, 7) is 5.57. The zero-order valence-electron chi connectivity index (χ0n) is 22.4. The van der Waals surface area contributed by atoms with Crippen LogP contribution in [0, 0.1) is 0 Å². The molecule has 3 amide bonds. The zero-order valence-corrected chi connectivity index (χ0v) is 22.4. The summed E-state index contributed by atoms with van der Waals surface area (Å²) in [5, 5.41) is 19.5. The molecule has 0 aliphatic heterocycles. The molecule has 206 valence electrons. The van der Waals surface area contributed by atoms with Gasteiger partial charge in [0.2, 0.25) is 0 Å². The highest BCUT2D eigenvalue weighted by Crippen LogP contribution is 2.24. The third-order valence-electron chi connectivity index (χ3n) is 5.56. The molecule has 11 nitrogen and oxygen atoms in total. The molecule has 4 rings (SSSR count). The third kappa shape index (κ3) is 7.67. The molecule has 0 spiro atoms. The maximum atomic E-state index is 13.1. The first-order valence-corrected chi connectivity index (χ1v) is 12.5. The van der Waals surface area contributed by atoms with Gasteiger partial charge in [0.25, 0.3) is 5.91 Å². The van der Waals surface area contributed by atoms with Crippen LogP contribution >= 0.6 is 0 Å². The van der Waals surface area contributed by atoms with Crippen molar-refractivity contribution in [1.29, 1.82) is 0 Å². The standard InChI is InChI=1S/C29H30N6O5/c1-29(2,3)40-27(37)31-24-19-35(23-9-5-4-6-10-23)33-25(24)32-26(36)22-13-11-20(12-14-22)17-34(28(38)39)18-21-8-7-15-30-16-21/h4-16,19H,17-18H2,1-3H3,(H,31,37)(H,38,39)(H,32,33,36). The minimum absolute atomic E-state index is 0.136. The van der Waals surface area contributed by atoms with Crippen molar-refractivity contribution in [2.75, 3.05) is 10.6 Å². The molecule has 0 radical (unpaired) electrons. The Hall–Kier alpha value is -5.19. The van der Waals surface area contributed by atoms with E-state index in [9.17, 15) is 19.5 Å². The van der Waals surface area contributed by atoms with Gasteiger partial charge in [-0.15, -0.1) is 5.10 Å². The molecule has 0 aliphatic rings. The Morgan fingerprint density at radius 3 is 2.25 bits per heavy atom. The second-order valence-electron chi connectivity index (χ2n) is 9.95. The number of carboxylic acid groups (broad SMARTS) is 1. The molecule has 0 saturated carbocycles. The molecule has 0 saturated heterocycles. The molecule has 2 heterocycles. The molecule has 2 aromatic heterocycles. The highest BCUT2D eigenvalue weighted by Gasteiger charge is 2.21. The summed E-state index contributed by atoms with van der Waals surface area (Å²) in [7, 11) is 0. The largest absolute Gasteiger partial charge is 0.465 e. The van der Waals surface area contributed by atoms with Crippen LogP contribution < -0.4 is 10.6 Å². The number of carbonyl (C=O) groups excluding carboxylic acids is 2. The van der Waals surface area contributed by atoms with E-state index in [0.717, 1.165) is 11.3 Å². The van der Waals surface area contributed by atoms with Gasteiger partial charge in [-0.2, -0.15) is 0 Å². The van der Waals surface area contributed by atoms with Gasteiger partial charge in [-0.1, -0.05) is 36.4 Å². The Balaban J connectivity index is 1.49. The van der Waals surface area contributed by atoms with Crippen LogP contribution in [-0.4, -0.2) is 48.5 Å².